The Hall–Kier alpha value is -3.04. The number of anilines is 2. The summed E-state index contributed by atoms with van der Waals surface area (Å²) in [7, 11) is -3.33. The first-order chi connectivity index (χ1) is 13.7. The van der Waals surface area contributed by atoms with Crippen molar-refractivity contribution in [3.63, 3.8) is 0 Å². The van der Waals surface area contributed by atoms with Gasteiger partial charge in [0.15, 0.2) is 5.13 Å². The largest absolute Gasteiger partial charge is 0.298 e. The van der Waals surface area contributed by atoms with E-state index < -0.39 is 10.0 Å². The van der Waals surface area contributed by atoms with Crippen LogP contribution in [-0.2, 0) is 14.8 Å². The molecule has 0 fully saturated rings. The van der Waals surface area contributed by atoms with Gasteiger partial charge in [0.2, 0.25) is 15.9 Å². The Morgan fingerprint density at radius 2 is 1.76 bits per heavy atom. The van der Waals surface area contributed by atoms with E-state index in [0.717, 1.165) is 22.3 Å². The van der Waals surface area contributed by atoms with E-state index in [1.165, 1.54) is 29.5 Å². The van der Waals surface area contributed by atoms with Crippen LogP contribution in [-0.4, -0.2) is 25.6 Å². The minimum Gasteiger partial charge on any atom is -0.298 e. The molecule has 0 unspecified atom stereocenters. The second kappa shape index (κ2) is 8.54. The molecule has 2 N–H and O–H groups in total. The first-order valence-corrected chi connectivity index (χ1v) is 11.2. The summed E-state index contributed by atoms with van der Waals surface area (Å²) in [5.41, 5.74) is 2.66. The number of amides is 1. The molecule has 0 radical (unpaired) electrons. The highest BCUT2D eigenvalue weighted by molar-refractivity contribution is 7.92. The lowest BCUT2D eigenvalue weighted by Gasteiger charge is -2.03. The maximum Gasteiger partial charge on any atom is 0.250 e. The zero-order valence-corrected chi connectivity index (χ0v) is 17.3. The third-order valence-electron chi connectivity index (χ3n) is 3.79. The summed E-state index contributed by atoms with van der Waals surface area (Å²) in [5.74, 6) is -0.664. The van der Waals surface area contributed by atoms with Gasteiger partial charge in [0.05, 0.1) is 11.9 Å². The van der Waals surface area contributed by atoms with E-state index in [1.807, 2.05) is 6.92 Å². The van der Waals surface area contributed by atoms with E-state index in [2.05, 4.69) is 15.0 Å². The van der Waals surface area contributed by atoms with Crippen LogP contribution in [0.15, 0.2) is 54.6 Å². The first-order valence-electron chi connectivity index (χ1n) is 8.50. The predicted octanol–water partition coefficient (Wildman–Crippen LogP) is 4.28. The maximum absolute atomic E-state index is 13.1. The number of sulfonamides is 1. The van der Waals surface area contributed by atoms with Gasteiger partial charge in [-0.25, -0.2) is 17.8 Å². The molecule has 0 saturated carbocycles. The van der Waals surface area contributed by atoms with Crippen LogP contribution in [0, 0.1) is 12.7 Å². The Morgan fingerprint density at radius 3 is 2.38 bits per heavy atom. The molecule has 0 aliphatic rings. The number of nitrogens with one attached hydrogen (secondary N) is 2. The minimum absolute atomic E-state index is 0.319. The quantitative estimate of drug-likeness (QED) is 0.570. The van der Waals surface area contributed by atoms with Crippen molar-refractivity contribution < 1.29 is 17.6 Å². The number of hydrogen-bond acceptors (Lipinski definition) is 5. The highest BCUT2D eigenvalue weighted by atomic mass is 32.2. The second-order valence-electron chi connectivity index (χ2n) is 6.25. The van der Waals surface area contributed by atoms with E-state index in [-0.39, 0.29) is 11.7 Å². The molecule has 6 nitrogen and oxygen atoms in total. The van der Waals surface area contributed by atoms with Gasteiger partial charge in [-0.1, -0.05) is 12.1 Å². The molecule has 0 aliphatic heterocycles. The van der Waals surface area contributed by atoms with Crippen molar-refractivity contribution in [1.29, 1.82) is 0 Å². The number of aromatic nitrogens is 1. The van der Waals surface area contributed by atoms with Gasteiger partial charge in [-0.3, -0.25) is 14.8 Å². The molecule has 0 bridgehead atoms. The summed E-state index contributed by atoms with van der Waals surface area (Å²) in [6.07, 6.45) is 4.06. The molecule has 0 saturated heterocycles. The Bertz CT molecular complexity index is 1150. The van der Waals surface area contributed by atoms with Crippen molar-refractivity contribution in [1.82, 2.24) is 4.98 Å². The van der Waals surface area contributed by atoms with E-state index in [0.29, 0.717) is 16.5 Å². The van der Waals surface area contributed by atoms with Crippen molar-refractivity contribution in [2.24, 2.45) is 0 Å². The van der Waals surface area contributed by atoms with Crippen LogP contribution < -0.4 is 10.0 Å². The Kier molecular flexibility index (Phi) is 6.09. The normalized spacial score (nSPS) is 11.6. The number of rotatable bonds is 6. The van der Waals surface area contributed by atoms with Crippen LogP contribution in [0.4, 0.5) is 15.2 Å². The number of thiazole rings is 1. The summed E-state index contributed by atoms with van der Waals surface area (Å²) >= 11 is 1.33. The van der Waals surface area contributed by atoms with Crippen LogP contribution in [0.1, 0.15) is 10.4 Å². The number of hydrogen-bond donors (Lipinski definition) is 2. The van der Waals surface area contributed by atoms with Crippen molar-refractivity contribution >= 4 is 44.2 Å². The highest BCUT2D eigenvalue weighted by Gasteiger charge is 2.11. The fraction of sp³-hybridized carbons (Fsp3) is 0.100. The SMILES string of the molecule is Cc1sc(NC(=O)/C=C/c2ccc(NS(C)(=O)=O)cc2)nc1-c1ccc(F)cc1. The average Bonchev–Trinajstić information content (AvgIpc) is 3.00. The number of carbonyl (C=O) groups is 1. The third-order valence-corrected chi connectivity index (χ3v) is 5.28. The van der Waals surface area contributed by atoms with Gasteiger partial charge >= 0.3 is 0 Å². The fourth-order valence-electron chi connectivity index (χ4n) is 2.52. The van der Waals surface area contributed by atoms with Crippen LogP contribution in [0.3, 0.4) is 0 Å². The predicted molar refractivity (Wildman–Crippen MR) is 115 cm³/mol. The molecule has 150 valence electrons. The molecule has 9 heteroatoms. The van der Waals surface area contributed by atoms with E-state index >= 15 is 0 Å². The lowest BCUT2D eigenvalue weighted by atomic mass is 10.1. The topological polar surface area (TPSA) is 88.2 Å². The van der Waals surface area contributed by atoms with Gasteiger partial charge in [0.25, 0.3) is 0 Å². The van der Waals surface area contributed by atoms with E-state index in [4.69, 9.17) is 0 Å². The molecule has 1 amide bonds. The number of carbonyl (C=O) groups excluding carboxylic acids is 1. The Balaban J connectivity index is 1.65. The first kappa shape index (κ1) is 20.7. The number of nitrogens with zero attached hydrogens (tertiary/aromatic N) is 1. The van der Waals surface area contributed by atoms with E-state index in [9.17, 15) is 17.6 Å². The smallest absolute Gasteiger partial charge is 0.250 e. The molecule has 3 aromatic rings. The molecular weight excluding hydrogens is 413 g/mol. The summed E-state index contributed by atoms with van der Waals surface area (Å²) in [6, 6.07) is 12.6. The minimum atomic E-state index is -3.33. The molecule has 0 spiro atoms. The Labute approximate surface area is 172 Å². The van der Waals surface area contributed by atoms with Crippen LogP contribution in [0.5, 0.6) is 0 Å². The molecule has 0 atom stereocenters. The lowest BCUT2D eigenvalue weighted by molar-refractivity contribution is -0.111. The van der Waals surface area contributed by atoms with Gasteiger partial charge in [-0.2, -0.15) is 0 Å². The second-order valence-corrected chi connectivity index (χ2v) is 9.20. The molecule has 2 aromatic carbocycles. The molecule has 3 rings (SSSR count). The van der Waals surface area contributed by atoms with E-state index in [1.54, 1.807) is 42.5 Å². The zero-order chi connectivity index (χ0) is 21.0. The summed E-state index contributed by atoms with van der Waals surface area (Å²) in [4.78, 5) is 17.5. The monoisotopic (exact) mass is 431 g/mol. The van der Waals surface area contributed by atoms with Gasteiger partial charge in [-0.15, -0.1) is 11.3 Å². The third kappa shape index (κ3) is 5.97. The van der Waals surface area contributed by atoms with Gasteiger partial charge < -0.3 is 0 Å². The number of aryl methyl sites for hydroxylation is 1. The average molecular weight is 432 g/mol. The van der Waals surface area contributed by atoms with Crippen molar-refractivity contribution in [3.05, 3.63) is 70.9 Å². The molecule has 1 aromatic heterocycles. The van der Waals surface area contributed by atoms with Crippen LogP contribution in [0.2, 0.25) is 0 Å². The van der Waals surface area contributed by atoms with Crippen molar-refractivity contribution in [3.8, 4) is 11.3 Å². The van der Waals surface area contributed by atoms with Crippen molar-refractivity contribution in [2.75, 3.05) is 16.3 Å². The summed E-state index contributed by atoms with van der Waals surface area (Å²) in [6.45, 7) is 1.88. The standard InChI is InChI=1S/C20H18FN3O3S2/c1-13-19(15-6-8-16(21)9-7-15)23-20(28-13)22-18(25)12-5-14-3-10-17(11-4-14)24-29(2,26)27/h3-12,24H,1-2H3,(H,22,23,25)/b12-5+. The lowest BCUT2D eigenvalue weighted by Crippen LogP contribution is -2.09. The van der Waals surface area contributed by atoms with Gasteiger partial charge in [-0.05, 0) is 55.0 Å². The van der Waals surface area contributed by atoms with Crippen LogP contribution in [0.25, 0.3) is 17.3 Å². The molecule has 0 aliphatic carbocycles. The molecule has 1 heterocycles. The number of halogens is 1. The van der Waals surface area contributed by atoms with Crippen LogP contribution >= 0.6 is 11.3 Å². The van der Waals surface area contributed by atoms with Gasteiger partial charge in [0, 0.05) is 22.2 Å². The van der Waals surface area contributed by atoms with Gasteiger partial charge in [0.1, 0.15) is 5.82 Å². The summed E-state index contributed by atoms with van der Waals surface area (Å²) in [5, 5.41) is 3.16. The highest BCUT2D eigenvalue weighted by Crippen LogP contribution is 2.30. The zero-order valence-electron chi connectivity index (χ0n) is 15.6. The summed E-state index contributed by atoms with van der Waals surface area (Å²) < 4.78 is 37.9. The number of benzene rings is 2. The molecular formula is C20H18FN3O3S2. The van der Waals surface area contributed by atoms with Crippen molar-refractivity contribution in [2.45, 2.75) is 6.92 Å². The maximum atomic E-state index is 13.1. The Morgan fingerprint density at radius 1 is 1.10 bits per heavy atom. The molecule has 29 heavy (non-hydrogen) atoms. The fourth-order valence-corrected chi connectivity index (χ4v) is 3.92.